The van der Waals surface area contributed by atoms with Crippen LogP contribution in [0.15, 0.2) is 24.3 Å². The maximum atomic E-state index is 13.9. The van der Waals surface area contributed by atoms with Crippen LogP contribution in [0.1, 0.15) is 65.6 Å². The fourth-order valence-corrected chi connectivity index (χ4v) is 6.70. The van der Waals surface area contributed by atoms with Gasteiger partial charge < -0.3 is 20.1 Å². The minimum Gasteiger partial charge on any atom is -0.356 e. The van der Waals surface area contributed by atoms with Gasteiger partial charge >= 0.3 is 0 Å². The van der Waals surface area contributed by atoms with E-state index in [2.05, 4.69) is 64.0 Å². The first kappa shape index (κ1) is 20.6. The molecular formula is C25H34N4O2. The molecule has 31 heavy (non-hydrogen) atoms. The number of aromatic nitrogens is 1. The lowest BCUT2D eigenvalue weighted by Crippen LogP contribution is -2.71. The summed E-state index contributed by atoms with van der Waals surface area (Å²) in [6.45, 7) is 13.0. The lowest BCUT2D eigenvalue weighted by atomic mass is 9.77. The summed E-state index contributed by atoms with van der Waals surface area (Å²) >= 11 is 0. The van der Waals surface area contributed by atoms with Gasteiger partial charge in [-0.25, -0.2) is 0 Å². The molecule has 2 amide bonds. The number of hydrogen-bond acceptors (Lipinski definition) is 3. The summed E-state index contributed by atoms with van der Waals surface area (Å²) in [5, 5.41) is 4.85. The molecule has 3 aliphatic rings. The number of rotatable bonds is 1. The van der Waals surface area contributed by atoms with Gasteiger partial charge in [-0.15, -0.1) is 0 Å². The SMILES string of the molecule is CC1(C)CC(N2CC(=O)N3[C@@H](Cc4c([nH]c5ccccc45)C3(C)C)C2=O)CC(C)(C)N1. The molecule has 0 spiro atoms. The summed E-state index contributed by atoms with van der Waals surface area (Å²) in [6, 6.07) is 7.86. The molecular weight excluding hydrogens is 388 g/mol. The molecule has 1 aromatic carbocycles. The number of benzene rings is 1. The molecule has 0 aliphatic carbocycles. The smallest absolute Gasteiger partial charge is 0.246 e. The van der Waals surface area contributed by atoms with Gasteiger partial charge in [-0.05, 0) is 66.0 Å². The maximum absolute atomic E-state index is 13.9. The van der Waals surface area contributed by atoms with E-state index in [1.807, 2.05) is 21.9 Å². The molecule has 6 heteroatoms. The standard InChI is InChI=1S/C25H34N4O2/c1-23(2)12-15(13-24(3,4)27-23)28-14-20(30)29-19(22(28)31)11-17-16-9-7-8-10-18(16)26-21(17)25(29,5)6/h7-10,15,19,26-27H,11-14H2,1-6H3/t19-/m0/s1. The van der Waals surface area contributed by atoms with Gasteiger partial charge in [0.15, 0.2) is 0 Å². The van der Waals surface area contributed by atoms with E-state index in [-0.39, 0.29) is 35.5 Å². The predicted molar refractivity (Wildman–Crippen MR) is 122 cm³/mol. The van der Waals surface area contributed by atoms with Gasteiger partial charge in [0.2, 0.25) is 11.8 Å². The molecule has 4 heterocycles. The Hall–Kier alpha value is -2.34. The largest absolute Gasteiger partial charge is 0.356 e. The molecule has 6 nitrogen and oxygen atoms in total. The summed E-state index contributed by atoms with van der Waals surface area (Å²) in [7, 11) is 0. The second-order valence-electron chi connectivity index (χ2n) is 11.5. The molecule has 1 atom stereocenters. The number of nitrogens with zero attached hydrogens (tertiary/aromatic N) is 2. The van der Waals surface area contributed by atoms with Gasteiger partial charge in [0.1, 0.15) is 12.6 Å². The Bertz CT molecular complexity index is 1060. The van der Waals surface area contributed by atoms with E-state index >= 15 is 0 Å². The highest BCUT2D eigenvalue weighted by Gasteiger charge is 2.53. The van der Waals surface area contributed by atoms with Crippen molar-refractivity contribution in [3.8, 4) is 0 Å². The molecule has 3 aliphatic heterocycles. The van der Waals surface area contributed by atoms with Crippen LogP contribution in [0.5, 0.6) is 0 Å². The Balaban J connectivity index is 1.54. The van der Waals surface area contributed by atoms with Crippen molar-refractivity contribution >= 4 is 22.7 Å². The average Bonchev–Trinajstić information content (AvgIpc) is 3.01. The summed E-state index contributed by atoms with van der Waals surface area (Å²) in [5.41, 5.74) is 2.59. The first-order chi connectivity index (χ1) is 14.4. The summed E-state index contributed by atoms with van der Waals surface area (Å²) in [4.78, 5) is 34.7. The second-order valence-corrected chi connectivity index (χ2v) is 11.5. The minimum atomic E-state index is -0.553. The Morgan fingerprint density at radius 1 is 0.968 bits per heavy atom. The van der Waals surface area contributed by atoms with E-state index in [1.165, 1.54) is 5.56 Å². The van der Waals surface area contributed by atoms with Crippen LogP contribution >= 0.6 is 0 Å². The third-order valence-corrected chi connectivity index (χ3v) is 7.49. The zero-order valence-corrected chi connectivity index (χ0v) is 19.5. The Morgan fingerprint density at radius 3 is 2.29 bits per heavy atom. The number of carbonyl (C=O) groups excluding carboxylic acids is 2. The lowest BCUT2D eigenvalue weighted by molar-refractivity contribution is -0.167. The number of hydrogen-bond donors (Lipinski definition) is 2. The van der Waals surface area contributed by atoms with E-state index < -0.39 is 11.6 Å². The number of piperazine rings is 1. The number of amides is 2. The molecule has 0 unspecified atom stereocenters. The average molecular weight is 423 g/mol. The summed E-state index contributed by atoms with van der Waals surface area (Å²) < 4.78 is 0. The number of H-pyrrole nitrogens is 1. The van der Waals surface area contributed by atoms with Crippen molar-refractivity contribution in [2.45, 2.75) is 89.5 Å². The Kier molecular flexibility index (Phi) is 4.21. The first-order valence-electron chi connectivity index (χ1n) is 11.4. The third-order valence-electron chi connectivity index (χ3n) is 7.49. The minimum absolute atomic E-state index is 0.0491. The zero-order valence-electron chi connectivity index (χ0n) is 19.5. The van der Waals surface area contributed by atoms with Crippen LogP contribution in [0, 0.1) is 0 Å². The third kappa shape index (κ3) is 3.10. The van der Waals surface area contributed by atoms with E-state index in [4.69, 9.17) is 0 Å². The molecule has 2 fully saturated rings. The van der Waals surface area contributed by atoms with Crippen LogP contribution < -0.4 is 5.32 Å². The number of carbonyl (C=O) groups is 2. The van der Waals surface area contributed by atoms with Crippen molar-refractivity contribution in [1.29, 1.82) is 0 Å². The van der Waals surface area contributed by atoms with Crippen LogP contribution in [-0.2, 0) is 21.5 Å². The highest BCUT2D eigenvalue weighted by molar-refractivity contribution is 5.98. The van der Waals surface area contributed by atoms with Gasteiger partial charge in [-0.1, -0.05) is 18.2 Å². The molecule has 0 bridgehead atoms. The molecule has 2 N–H and O–H groups in total. The van der Waals surface area contributed by atoms with Crippen molar-refractivity contribution in [3.63, 3.8) is 0 Å². The Labute approximate surface area is 184 Å². The second kappa shape index (κ2) is 6.35. The topological polar surface area (TPSA) is 68.4 Å². The lowest BCUT2D eigenvalue weighted by Gasteiger charge is -2.55. The number of nitrogens with one attached hydrogen (secondary N) is 2. The van der Waals surface area contributed by atoms with E-state index in [0.717, 1.165) is 29.4 Å². The van der Waals surface area contributed by atoms with E-state index in [1.54, 1.807) is 0 Å². The van der Waals surface area contributed by atoms with Crippen LogP contribution in [0.3, 0.4) is 0 Å². The monoisotopic (exact) mass is 422 g/mol. The normalized spacial score (nSPS) is 27.4. The molecule has 1 aromatic heterocycles. The Morgan fingerprint density at radius 2 is 1.61 bits per heavy atom. The van der Waals surface area contributed by atoms with Gasteiger partial charge in [0.05, 0.1) is 5.54 Å². The number of fused-ring (bicyclic) bond motifs is 4. The predicted octanol–water partition coefficient (Wildman–Crippen LogP) is 3.31. The van der Waals surface area contributed by atoms with Crippen LogP contribution in [0.2, 0.25) is 0 Å². The van der Waals surface area contributed by atoms with Crippen molar-refractivity contribution in [2.24, 2.45) is 0 Å². The van der Waals surface area contributed by atoms with Crippen molar-refractivity contribution in [1.82, 2.24) is 20.1 Å². The maximum Gasteiger partial charge on any atom is 0.246 e. The van der Waals surface area contributed by atoms with Gasteiger partial charge in [0, 0.05) is 40.1 Å². The van der Waals surface area contributed by atoms with E-state index in [9.17, 15) is 9.59 Å². The number of piperidine rings is 1. The summed E-state index contributed by atoms with van der Waals surface area (Å²) in [6.07, 6.45) is 2.27. The van der Waals surface area contributed by atoms with Crippen LogP contribution in [0.4, 0.5) is 0 Å². The molecule has 166 valence electrons. The van der Waals surface area contributed by atoms with Gasteiger partial charge in [-0.2, -0.15) is 0 Å². The number of para-hydroxylation sites is 1. The summed E-state index contributed by atoms with van der Waals surface area (Å²) in [5.74, 6) is 0.148. The molecule has 5 rings (SSSR count). The fourth-order valence-electron chi connectivity index (χ4n) is 6.70. The highest BCUT2D eigenvalue weighted by atomic mass is 16.2. The molecule has 0 saturated carbocycles. The van der Waals surface area contributed by atoms with Crippen molar-refractivity contribution in [2.75, 3.05) is 6.54 Å². The fraction of sp³-hybridized carbons (Fsp3) is 0.600. The number of aromatic amines is 1. The van der Waals surface area contributed by atoms with Crippen LogP contribution in [-0.4, -0.2) is 56.3 Å². The first-order valence-corrected chi connectivity index (χ1v) is 11.4. The van der Waals surface area contributed by atoms with Crippen LogP contribution in [0.25, 0.3) is 10.9 Å². The van der Waals surface area contributed by atoms with Crippen molar-refractivity contribution in [3.05, 3.63) is 35.5 Å². The molecule has 2 aromatic rings. The molecule has 2 saturated heterocycles. The quantitative estimate of drug-likeness (QED) is 0.741. The van der Waals surface area contributed by atoms with Crippen molar-refractivity contribution < 1.29 is 9.59 Å². The zero-order chi connectivity index (χ0) is 22.3. The van der Waals surface area contributed by atoms with E-state index in [0.29, 0.717) is 6.42 Å². The van der Waals surface area contributed by atoms with Gasteiger partial charge in [0.25, 0.3) is 0 Å². The highest BCUT2D eigenvalue weighted by Crippen LogP contribution is 2.43. The molecule has 0 radical (unpaired) electrons. The van der Waals surface area contributed by atoms with Gasteiger partial charge in [-0.3, -0.25) is 9.59 Å².